The molecule has 0 saturated heterocycles. The minimum atomic E-state index is -1.29. The fourth-order valence-corrected chi connectivity index (χ4v) is 1.50. The number of aromatic nitrogens is 1. The van der Waals surface area contributed by atoms with Crippen LogP contribution in [0.15, 0.2) is 16.5 Å². The van der Waals surface area contributed by atoms with Crippen LogP contribution in [-0.4, -0.2) is 18.1 Å². The number of fused-ring (bicyclic) bond motifs is 1. The Balaban J connectivity index is 2.77. The summed E-state index contributed by atoms with van der Waals surface area (Å²) in [5.74, 6) is -0.322. The Hall–Kier alpha value is -2.04. The minimum absolute atomic E-state index is 0.0111. The van der Waals surface area contributed by atoms with Gasteiger partial charge in [-0.3, -0.25) is 0 Å². The number of carboxylic acids is 1. The van der Waals surface area contributed by atoms with E-state index < -0.39 is 5.97 Å². The van der Waals surface area contributed by atoms with Crippen molar-refractivity contribution in [1.29, 1.82) is 0 Å². The predicted octanol–water partition coefficient (Wildman–Crippen LogP) is 0.762. The zero-order chi connectivity index (χ0) is 11.7. The SMILES string of the molecule is CCc1nc2c(OC)ccc(C(=O)[O-])c2o1. The Kier molecular flexibility index (Phi) is 2.52. The highest BCUT2D eigenvalue weighted by Gasteiger charge is 2.14. The van der Waals surface area contributed by atoms with Crippen LogP contribution in [0.4, 0.5) is 0 Å². The van der Waals surface area contributed by atoms with E-state index in [0.29, 0.717) is 23.6 Å². The van der Waals surface area contributed by atoms with Gasteiger partial charge in [0.1, 0.15) is 5.75 Å². The molecule has 1 aromatic carbocycles. The number of benzene rings is 1. The molecule has 0 aliphatic heterocycles. The molecule has 0 amide bonds. The molecule has 1 aromatic heterocycles. The van der Waals surface area contributed by atoms with E-state index >= 15 is 0 Å². The number of carbonyl (C=O) groups excluding carboxylic acids is 1. The molecule has 5 nitrogen and oxygen atoms in total. The summed E-state index contributed by atoms with van der Waals surface area (Å²) in [6.07, 6.45) is 0.588. The second-order valence-corrected chi connectivity index (χ2v) is 3.24. The largest absolute Gasteiger partial charge is 0.545 e. The summed E-state index contributed by atoms with van der Waals surface area (Å²) in [5, 5.41) is 10.9. The molecule has 0 aliphatic carbocycles. The van der Waals surface area contributed by atoms with E-state index in [4.69, 9.17) is 9.15 Å². The fraction of sp³-hybridized carbons (Fsp3) is 0.273. The lowest BCUT2D eigenvalue weighted by Gasteiger charge is -2.04. The van der Waals surface area contributed by atoms with Gasteiger partial charge in [-0.2, -0.15) is 0 Å². The van der Waals surface area contributed by atoms with E-state index in [1.54, 1.807) is 0 Å². The van der Waals surface area contributed by atoms with Gasteiger partial charge in [0.05, 0.1) is 13.1 Å². The van der Waals surface area contributed by atoms with Gasteiger partial charge in [0.2, 0.25) is 0 Å². The van der Waals surface area contributed by atoms with Gasteiger partial charge in [0.15, 0.2) is 17.0 Å². The first kappa shape index (κ1) is 10.5. The molecule has 2 aromatic rings. The van der Waals surface area contributed by atoms with Crippen LogP contribution in [0.2, 0.25) is 0 Å². The van der Waals surface area contributed by atoms with Crippen LogP contribution in [0, 0.1) is 0 Å². The van der Waals surface area contributed by atoms with Crippen LogP contribution in [0.5, 0.6) is 5.75 Å². The second-order valence-electron chi connectivity index (χ2n) is 3.24. The Labute approximate surface area is 91.7 Å². The summed E-state index contributed by atoms with van der Waals surface area (Å²) in [7, 11) is 1.49. The monoisotopic (exact) mass is 220 g/mol. The summed E-state index contributed by atoms with van der Waals surface area (Å²) < 4.78 is 10.4. The standard InChI is InChI=1S/C11H11NO4/c1-3-8-12-9-7(15-2)5-4-6(11(13)14)10(9)16-8/h4-5H,3H2,1-2H3,(H,13,14)/p-1. The van der Waals surface area contributed by atoms with Crippen LogP contribution < -0.4 is 9.84 Å². The first-order chi connectivity index (χ1) is 7.67. The fourth-order valence-electron chi connectivity index (χ4n) is 1.50. The topological polar surface area (TPSA) is 75.4 Å². The van der Waals surface area contributed by atoms with E-state index in [2.05, 4.69) is 4.98 Å². The second kappa shape index (κ2) is 3.84. The molecule has 2 rings (SSSR count). The molecule has 0 N–H and O–H groups in total. The normalized spacial score (nSPS) is 10.6. The van der Waals surface area contributed by atoms with Gasteiger partial charge < -0.3 is 19.1 Å². The first-order valence-corrected chi connectivity index (χ1v) is 4.85. The van der Waals surface area contributed by atoms with Crippen molar-refractivity contribution < 1.29 is 19.1 Å². The number of oxazole rings is 1. The summed E-state index contributed by atoms with van der Waals surface area (Å²) in [6, 6.07) is 2.93. The van der Waals surface area contributed by atoms with Crippen LogP contribution in [0.1, 0.15) is 23.2 Å². The number of aryl methyl sites for hydroxylation is 1. The third kappa shape index (κ3) is 1.50. The third-order valence-corrected chi connectivity index (χ3v) is 2.29. The number of hydrogen-bond acceptors (Lipinski definition) is 5. The van der Waals surface area contributed by atoms with Crippen molar-refractivity contribution in [2.75, 3.05) is 7.11 Å². The molecule has 0 radical (unpaired) electrons. The number of ether oxygens (including phenoxy) is 1. The van der Waals surface area contributed by atoms with E-state index in [-0.39, 0.29) is 11.1 Å². The maximum Gasteiger partial charge on any atom is 0.195 e. The Morgan fingerprint density at radius 1 is 1.56 bits per heavy atom. The summed E-state index contributed by atoms with van der Waals surface area (Å²) in [4.78, 5) is 15.0. The number of carboxylic acid groups (broad SMARTS) is 1. The predicted molar refractivity (Wildman–Crippen MR) is 54.3 cm³/mol. The molecule has 0 aliphatic rings. The zero-order valence-electron chi connectivity index (χ0n) is 8.94. The highest BCUT2D eigenvalue weighted by molar-refractivity contribution is 6.00. The summed E-state index contributed by atoms with van der Waals surface area (Å²) in [5.41, 5.74) is 0.611. The van der Waals surface area contributed by atoms with Crippen LogP contribution in [0.25, 0.3) is 11.1 Å². The minimum Gasteiger partial charge on any atom is -0.545 e. The summed E-state index contributed by atoms with van der Waals surface area (Å²) >= 11 is 0. The average Bonchev–Trinajstić information content (AvgIpc) is 2.70. The van der Waals surface area contributed by atoms with Crippen LogP contribution >= 0.6 is 0 Å². The molecule has 0 spiro atoms. The van der Waals surface area contributed by atoms with E-state index in [1.165, 1.54) is 19.2 Å². The number of rotatable bonds is 3. The zero-order valence-corrected chi connectivity index (χ0v) is 8.94. The first-order valence-electron chi connectivity index (χ1n) is 4.85. The van der Waals surface area contributed by atoms with Crippen LogP contribution in [-0.2, 0) is 6.42 Å². The maximum atomic E-state index is 10.9. The Bertz CT molecular complexity index is 544. The van der Waals surface area contributed by atoms with Gasteiger partial charge in [0, 0.05) is 12.0 Å². The highest BCUT2D eigenvalue weighted by Crippen LogP contribution is 2.28. The molecule has 0 unspecified atom stereocenters. The van der Waals surface area contributed by atoms with Crippen molar-refractivity contribution in [3.05, 3.63) is 23.6 Å². The van der Waals surface area contributed by atoms with Crippen molar-refractivity contribution in [2.24, 2.45) is 0 Å². The van der Waals surface area contributed by atoms with Crippen molar-refractivity contribution in [3.8, 4) is 5.75 Å². The summed E-state index contributed by atoms with van der Waals surface area (Å²) in [6.45, 7) is 1.87. The van der Waals surface area contributed by atoms with Crippen molar-refractivity contribution in [1.82, 2.24) is 4.98 Å². The lowest BCUT2D eigenvalue weighted by Crippen LogP contribution is -2.22. The highest BCUT2D eigenvalue weighted by atomic mass is 16.5. The molecule has 84 valence electrons. The van der Waals surface area contributed by atoms with E-state index in [0.717, 1.165) is 0 Å². The van der Waals surface area contributed by atoms with E-state index in [9.17, 15) is 9.90 Å². The van der Waals surface area contributed by atoms with E-state index in [1.807, 2.05) is 6.92 Å². The third-order valence-electron chi connectivity index (χ3n) is 2.29. The number of carbonyl (C=O) groups is 1. The lowest BCUT2D eigenvalue weighted by atomic mass is 10.2. The number of nitrogens with zero attached hydrogens (tertiary/aromatic N) is 1. The van der Waals surface area contributed by atoms with Crippen molar-refractivity contribution in [3.63, 3.8) is 0 Å². The Morgan fingerprint density at radius 2 is 2.31 bits per heavy atom. The van der Waals surface area contributed by atoms with Crippen molar-refractivity contribution >= 4 is 17.1 Å². The van der Waals surface area contributed by atoms with Gasteiger partial charge >= 0.3 is 0 Å². The molecular formula is C11H10NO4-. The molecule has 0 bridgehead atoms. The molecule has 1 heterocycles. The number of hydrogen-bond donors (Lipinski definition) is 0. The molecule has 0 atom stereocenters. The number of methoxy groups -OCH3 is 1. The molecule has 0 saturated carbocycles. The smallest absolute Gasteiger partial charge is 0.195 e. The lowest BCUT2D eigenvalue weighted by molar-refractivity contribution is -0.254. The van der Waals surface area contributed by atoms with Gasteiger partial charge in [-0.25, -0.2) is 4.98 Å². The maximum absolute atomic E-state index is 10.9. The number of aromatic carboxylic acids is 1. The van der Waals surface area contributed by atoms with Crippen molar-refractivity contribution in [2.45, 2.75) is 13.3 Å². The van der Waals surface area contributed by atoms with Gasteiger partial charge in [0.25, 0.3) is 0 Å². The molecular weight excluding hydrogens is 210 g/mol. The van der Waals surface area contributed by atoms with Crippen LogP contribution in [0.3, 0.4) is 0 Å². The average molecular weight is 220 g/mol. The molecule has 16 heavy (non-hydrogen) atoms. The van der Waals surface area contributed by atoms with Gasteiger partial charge in [-0.05, 0) is 12.1 Å². The molecule has 0 fully saturated rings. The molecule has 5 heteroatoms. The quantitative estimate of drug-likeness (QED) is 0.763. The van der Waals surface area contributed by atoms with Gasteiger partial charge in [-0.15, -0.1) is 0 Å². The Morgan fingerprint density at radius 3 is 2.88 bits per heavy atom. The van der Waals surface area contributed by atoms with Gasteiger partial charge in [-0.1, -0.05) is 6.92 Å².